The molecule has 0 bridgehead atoms. The van der Waals surface area contributed by atoms with Gasteiger partial charge in [-0.05, 0) is 43.5 Å². The van der Waals surface area contributed by atoms with E-state index in [-0.39, 0.29) is 11.8 Å². The Morgan fingerprint density at radius 3 is 2.46 bits per heavy atom. The molecule has 1 fully saturated rings. The molecule has 0 radical (unpaired) electrons. The standard InChI is InChI=1S/C23H32O5/c1-14(2)23(26)13-19(24)22(4)11-10-15(3)12-18(20(22)23)28-21(25)16-6-8-17(27-5)9-7-16/h6-10,14,18-20,24,26H,11-13H2,1-5H3. The van der Waals surface area contributed by atoms with Gasteiger partial charge in [-0.25, -0.2) is 4.79 Å². The predicted octanol–water partition coefficient (Wildman–Crippen LogP) is 3.73. The molecule has 2 N–H and O–H groups in total. The molecule has 0 heterocycles. The lowest BCUT2D eigenvalue weighted by molar-refractivity contribution is -0.113. The zero-order chi connectivity index (χ0) is 20.7. The molecule has 28 heavy (non-hydrogen) atoms. The maximum Gasteiger partial charge on any atom is 0.338 e. The molecule has 2 aliphatic rings. The average molecular weight is 389 g/mol. The highest BCUT2D eigenvalue weighted by atomic mass is 16.5. The first-order valence-electron chi connectivity index (χ1n) is 10.0. The van der Waals surface area contributed by atoms with Crippen molar-refractivity contribution in [3.8, 4) is 5.75 Å². The first-order chi connectivity index (χ1) is 13.1. The highest BCUT2D eigenvalue weighted by Gasteiger charge is 2.63. The summed E-state index contributed by atoms with van der Waals surface area (Å²) in [7, 11) is 1.58. The van der Waals surface area contributed by atoms with E-state index in [4.69, 9.17) is 9.47 Å². The Kier molecular flexibility index (Phi) is 5.61. The van der Waals surface area contributed by atoms with E-state index in [1.165, 1.54) is 0 Å². The number of aliphatic hydroxyl groups excluding tert-OH is 1. The van der Waals surface area contributed by atoms with Crippen LogP contribution in [0.25, 0.3) is 0 Å². The van der Waals surface area contributed by atoms with E-state index in [0.29, 0.717) is 30.6 Å². The maximum absolute atomic E-state index is 12.9. The number of carbonyl (C=O) groups excluding carboxylic acids is 1. The van der Waals surface area contributed by atoms with Gasteiger partial charge in [-0.2, -0.15) is 0 Å². The molecule has 0 amide bonds. The zero-order valence-electron chi connectivity index (χ0n) is 17.4. The van der Waals surface area contributed by atoms with Crippen molar-refractivity contribution in [3.63, 3.8) is 0 Å². The molecule has 1 saturated carbocycles. The molecule has 5 atom stereocenters. The number of hydrogen-bond donors (Lipinski definition) is 2. The van der Waals surface area contributed by atoms with Gasteiger partial charge in [-0.3, -0.25) is 0 Å². The van der Waals surface area contributed by atoms with Crippen LogP contribution in [0.4, 0.5) is 0 Å². The second-order valence-corrected chi connectivity index (χ2v) is 8.98. The Bertz CT molecular complexity index is 753. The van der Waals surface area contributed by atoms with Crippen LogP contribution in [0.5, 0.6) is 5.75 Å². The minimum absolute atomic E-state index is 0.0606. The number of esters is 1. The van der Waals surface area contributed by atoms with E-state index in [0.717, 1.165) is 5.57 Å². The van der Waals surface area contributed by atoms with Crippen LogP contribution in [0.3, 0.4) is 0 Å². The number of hydrogen-bond acceptors (Lipinski definition) is 5. The summed E-state index contributed by atoms with van der Waals surface area (Å²) >= 11 is 0. The summed E-state index contributed by atoms with van der Waals surface area (Å²) in [6.07, 6.45) is 2.50. The Hall–Kier alpha value is -1.85. The molecule has 2 aliphatic carbocycles. The number of rotatable bonds is 4. The van der Waals surface area contributed by atoms with Crippen molar-refractivity contribution in [2.75, 3.05) is 7.11 Å². The third-order valence-corrected chi connectivity index (χ3v) is 6.90. The first-order valence-corrected chi connectivity index (χ1v) is 10.0. The Morgan fingerprint density at radius 1 is 1.25 bits per heavy atom. The molecule has 0 saturated heterocycles. The van der Waals surface area contributed by atoms with Crippen molar-refractivity contribution in [2.24, 2.45) is 17.3 Å². The minimum Gasteiger partial charge on any atom is -0.497 e. The number of fused-ring (bicyclic) bond motifs is 1. The van der Waals surface area contributed by atoms with Gasteiger partial charge in [0.05, 0.1) is 24.4 Å². The summed E-state index contributed by atoms with van der Waals surface area (Å²) in [5.74, 6) is -0.150. The number of aliphatic hydroxyl groups is 2. The van der Waals surface area contributed by atoms with Gasteiger partial charge < -0.3 is 19.7 Å². The molecule has 154 valence electrons. The summed E-state index contributed by atoms with van der Waals surface area (Å²) < 4.78 is 11.1. The van der Waals surface area contributed by atoms with Crippen LogP contribution >= 0.6 is 0 Å². The number of carbonyl (C=O) groups is 1. The first kappa shape index (κ1) is 20.9. The maximum atomic E-state index is 12.9. The number of benzene rings is 1. The van der Waals surface area contributed by atoms with E-state index >= 15 is 0 Å². The lowest BCUT2D eigenvalue weighted by atomic mass is 9.67. The minimum atomic E-state index is -1.09. The Labute approximate surface area is 167 Å². The molecule has 5 unspecified atom stereocenters. The summed E-state index contributed by atoms with van der Waals surface area (Å²) in [6.45, 7) is 7.95. The monoisotopic (exact) mass is 388 g/mol. The van der Waals surface area contributed by atoms with Crippen LogP contribution in [-0.2, 0) is 4.74 Å². The quantitative estimate of drug-likeness (QED) is 0.607. The fraction of sp³-hybridized carbons (Fsp3) is 0.609. The molecule has 1 aromatic rings. The Morgan fingerprint density at radius 2 is 1.89 bits per heavy atom. The summed E-state index contributed by atoms with van der Waals surface area (Å²) in [6, 6.07) is 6.81. The van der Waals surface area contributed by atoms with Crippen LogP contribution in [0.15, 0.2) is 35.9 Å². The summed E-state index contributed by atoms with van der Waals surface area (Å²) in [5, 5.41) is 22.4. The second-order valence-electron chi connectivity index (χ2n) is 8.98. The van der Waals surface area contributed by atoms with Gasteiger partial charge in [-0.15, -0.1) is 0 Å². The van der Waals surface area contributed by atoms with E-state index in [1.54, 1.807) is 31.4 Å². The van der Waals surface area contributed by atoms with Gasteiger partial charge in [0.1, 0.15) is 11.9 Å². The molecule has 0 aromatic heterocycles. The molecule has 3 rings (SSSR count). The number of methoxy groups -OCH3 is 1. The third-order valence-electron chi connectivity index (χ3n) is 6.90. The average Bonchev–Trinajstić information content (AvgIpc) is 2.76. The van der Waals surface area contributed by atoms with Crippen molar-refractivity contribution in [1.29, 1.82) is 0 Å². The molecular weight excluding hydrogens is 356 g/mol. The predicted molar refractivity (Wildman–Crippen MR) is 107 cm³/mol. The van der Waals surface area contributed by atoms with Crippen molar-refractivity contribution >= 4 is 5.97 Å². The topological polar surface area (TPSA) is 76.0 Å². The SMILES string of the molecule is COc1ccc(C(=O)OC2CC(C)=CCC3(C)C(O)CC(O)(C(C)C)C23)cc1. The van der Waals surface area contributed by atoms with Gasteiger partial charge in [-0.1, -0.05) is 32.4 Å². The van der Waals surface area contributed by atoms with Gasteiger partial charge >= 0.3 is 5.97 Å². The molecule has 5 heteroatoms. The highest BCUT2D eigenvalue weighted by molar-refractivity contribution is 5.89. The normalized spacial score (nSPS) is 35.1. The molecule has 0 aliphatic heterocycles. The summed E-state index contributed by atoms with van der Waals surface area (Å²) in [4.78, 5) is 12.9. The van der Waals surface area contributed by atoms with Gasteiger partial charge in [0.25, 0.3) is 0 Å². The van der Waals surface area contributed by atoms with Crippen LogP contribution in [0, 0.1) is 17.3 Å². The highest BCUT2D eigenvalue weighted by Crippen LogP contribution is 2.58. The van der Waals surface area contributed by atoms with Crippen molar-refractivity contribution in [1.82, 2.24) is 0 Å². The molecular formula is C23H32O5. The Balaban J connectivity index is 1.94. The number of ether oxygens (including phenoxy) is 2. The molecule has 1 aromatic carbocycles. The van der Waals surface area contributed by atoms with Gasteiger partial charge in [0.15, 0.2) is 0 Å². The van der Waals surface area contributed by atoms with Crippen LogP contribution in [0.1, 0.15) is 57.3 Å². The van der Waals surface area contributed by atoms with Crippen molar-refractivity contribution in [2.45, 2.75) is 64.8 Å². The van der Waals surface area contributed by atoms with E-state index in [2.05, 4.69) is 6.08 Å². The fourth-order valence-electron chi connectivity index (χ4n) is 5.01. The number of allylic oxidation sites excluding steroid dienone is 1. The van der Waals surface area contributed by atoms with E-state index in [1.807, 2.05) is 27.7 Å². The van der Waals surface area contributed by atoms with Gasteiger partial charge in [0, 0.05) is 24.2 Å². The smallest absolute Gasteiger partial charge is 0.338 e. The van der Waals surface area contributed by atoms with E-state index < -0.39 is 29.2 Å². The molecule has 0 spiro atoms. The second kappa shape index (κ2) is 7.53. The lowest BCUT2D eigenvalue weighted by Gasteiger charge is -2.43. The van der Waals surface area contributed by atoms with Crippen LogP contribution in [-0.4, -0.2) is 41.1 Å². The van der Waals surface area contributed by atoms with Crippen LogP contribution < -0.4 is 4.74 Å². The van der Waals surface area contributed by atoms with Crippen molar-refractivity contribution in [3.05, 3.63) is 41.5 Å². The van der Waals surface area contributed by atoms with Crippen molar-refractivity contribution < 1.29 is 24.5 Å². The largest absolute Gasteiger partial charge is 0.497 e. The van der Waals surface area contributed by atoms with Crippen LogP contribution in [0.2, 0.25) is 0 Å². The third kappa shape index (κ3) is 3.46. The van der Waals surface area contributed by atoms with Gasteiger partial charge in [0.2, 0.25) is 0 Å². The molecule has 5 nitrogen and oxygen atoms in total. The zero-order valence-corrected chi connectivity index (χ0v) is 17.4. The lowest BCUT2D eigenvalue weighted by Crippen LogP contribution is -2.50. The van der Waals surface area contributed by atoms with E-state index in [9.17, 15) is 15.0 Å². The summed E-state index contributed by atoms with van der Waals surface area (Å²) in [5.41, 5.74) is -0.0690. The fourth-order valence-corrected chi connectivity index (χ4v) is 5.01.